The number of benzene rings is 1. The Kier molecular flexibility index (Phi) is 6.22. The SMILES string of the molecule is CC(Sc1ncccn1)C(=O)Nc1ccc(S(=O)(=O)Nc2ccccn2)cc1. The molecule has 0 aliphatic heterocycles. The third kappa shape index (κ3) is 5.27. The largest absolute Gasteiger partial charge is 0.325 e. The van der Waals surface area contributed by atoms with Crippen molar-refractivity contribution in [2.75, 3.05) is 10.0 Å². The third-order valence-corrected chi connectivity index (χ3v) is 5.89. The molecule has 3 rings (SSSR count). The first kappa shape index (κ1) is 19.8. The molecule has 0 bridgehead atoms. The van der Waals surface area contributed by atoms with Gasteiger partial charge in [0, 0.05) is 24.3 Å². The van der Waals surface area contributed by atoms with E-state index < -0.39 is 15.3 Å². The maximum atomic E-state index is 12.4. The molecular weight excluding hydrogens is 398 g/mol. The van der Waals surface area contributed by atoms with Gasteiger partial charge in [0.25, 0.3) is 10.0 Å². The number of hydrogen-bond acceptors (Lipinski definition) is 7. The van der Waals surface area contributed by atoms with Crippen molar-refractivity contribution in [1.29, 1.82) is 0 Å². The van der Waals surface area contributed by atoms with Crippen LogP contribution in [0.5, 0.6) is 0 Å². The summed E-state index contributed by atoms with van der Waals surface area (Å²) >= 11 is 1.23. The topological polar surface area (TPSA) is 114 Å². The zero-order valence-corrected chi connectivity index (χ0v) is 16.4. The molecule has 2 heterocycles. The fourth-order valence-electron chi connectivity index (χ4n) is 2.14. The van der Waals surface area contributed by atoms with Gasteiger partial charge in [0.1, 0.15) is 5.82 Å². The second-order valence-corrected chi connectivity index (χ2v) is 8.62. The Bertz CT molecular complexity index is 1030. The monoisotopic (exact) mass is 415 g/mol. The number of thioether (sulfide) groups is 1. The molecule has 10 heteroatoms. The normalized spacial score (nSPS) is 12.2. The van der Waals surface area contributed by atoms with Gasteiger partial charge in [-0.3, -0.25) is 9.52 Å². The quantitative estimate of drug-likeness (QED) is 0.450. The van der Waals surface area contributed by atoms with Crippen LogP contribution in [0.1, 0.15) is 6.92 Å². The van der Waals surface area contributed by atoms with Gasteiger partial charge >= 0.3 is 0 Å². The maximum absolute atomic E-state index is 12.4. The molecule has 2 aromatic heterocycles. The smallest absolute Gasteiger partial charge is 0.263 e. The van der Waals surface area contributed by atoms with Crippen molar-refractivity contribution in [3.8, 4) is 0 Å². The van der Waals surface area contributed by atoms with Crippen molar-refractivity contribution in [2.24, 2.45) is 0 Å². The first-order valence-electron chi connectivity index (χ1n) is 8.22. The van der Waals surface area contributed by atoms with E-state index >= 15 is 0 Å². The molecule has 1 amide bonds. The van der Waals surface area contributed by atoms with Crippen LogP contribution < -0.4 is 10.0 Å². The van der Waals surface area contributed by atoms with Crippen LogP contribution in [0.4, 0.5) is 11.5 Å². The molecule has 3 aromatic rings. The maximum Gasteiger partial charge on any atom is 0.263 e. The van der Waals surface area contributed by atoms with Crippen molar-refractivity contribution < 1.29 is 13.2 Å². The average Bonchev–Trinajstić information content (AvgIpc) is 2.69. The molecule has 1 aromatic carbocycles. The highest BCUT2D eigenvalue weighted by Gasteiger charge is 2.17. The zero-order chi connectivity index (χ0) is 20.0. The van der Waals surface area contributed by atoms with Gasteiger partial charge in [-0.25, -0.2) is 23.4 Å². The van der Waals surface area contributed by atoms with Crippen molar-refractivity contribution in [1.82, 2.24) is 15.0 Å². The summed E-state index contributed by atoms with van der Waals surface area (Å²) in [6, 6.07) is 12.5. The lowest BCUT2D eigenvalue weighted by Gasteiger charge is -2.12. The van der Waals surface area contributed by atoms with Crippen LogP contribution >= 0.6 is 11.8 Å². The zero-order valence-electron chi connectivity index (χ0n) is 14.8. The molecule has 2 N–H and O–H groups in total. The summed E-state index contributed by atoms with van der Waals surface area (Å²) in [7, 11) is -3.76. The molecule has 0 radical (unpaired) electrons. The van der Waals surface area contributed by atoms with Crippen molar-refractivity contribution in [3.63, 3.8) is 0 Å². The lowest BCUT2D eigenvalue weighted by molar-refractivity contribution is -0.115. The molecule has 144 valence electrons. The van der Waals surface area contributed by atoms with E-state index in [4.69, 9.17) is 0 Å². The fourth-order valence-corrected chi connectivity index (χ4v) is 3.87. The highest BCUT2D eigenvalue weighted by molar-refractivity contribution is 8.00. The number of pyridine rings is 1. The number of nitrogens with zero attached hydrogens (tertiary/aromatic N) is 3. The number of nitrogens with one attached hydrogen (secondary N) is 2. The summed E-state index contributed by atoms with van der Waals surface area (Å²) in [6.07, 6.45) is 4.71. The third-order valence-electron chi connectivity index (χ3n) is 3.53. The van der Waals surface area contributed by atoms with Crippen LogP contribution in [-0.2, 0) is 14.8 Å². The number of sulfonamides is 1. The van der Waals surface area contributed by atoms with Crippen LogP contribution in [0, 0.1) is 0 Å². The number of rotatable bonds is 7. The minimum Gasteiger partial charge on any atom is -0.325 e. The van der Waals surface area contributed by atoms with Crippen molar-refractivity contribution in [3.05, 3.63) is 67.1 Å². The number of carbonyl (C=O) groups is 1. The fraction of sp³-hybridized carbons (Fsp3) is 0.111. The second-order valence-electron chi connectivity index (χ2n) is 5.63. The molecule has 0 aliphatic carbocycles. The molecule has 1 unspecified atom stereocenters. The predicted octanol–water partition coefficient (Wildman–Crippen LogP) is 2.79. The predicted molar refractivity (Wildman–Crippen MR) is 107 cm³/mol. The lowest BCUT2D eigenvalue weighted by atomic mass is 10.3. The Morgan fingerprint density at radius 3 is 2.29 bits per heavy atom. The summed E-state index contributed by atoms with van der Waals surface area (Å²) in [6.45, 7) is 1.74. The van der Waals surface area contributed by atoms with Gasteiger partial charge in [-0.05, 0) is 49.4 Å². The van der Waals surface area contributed by atoms with E-state index in [9.17, 15) is 13.2 Å². The van der Waals surface area contributed by atoms with Gasteiger partial charge in [0.15, 0.2) is 5.16 Å². The summed E-state index contributed by atoms with van der Waals surface area (Å²) in [5.74, 6) is -0.00599. The molecule has 28 heavy (non-hydrogen) atoms. The number of carbonyl (C=O) groups excluding carboxylic acids is 1. The van der Waals surface area contributed by atoms with Gasteiger partial charge in [-0.15, -0.1) is 0 Å². The Labute approximate surface area is 166 Å². The van der Waals surface area contributed by atoms with Crippen molar-refractivity contribution in [2.45, 2.75) is 22.2 Å². The Morgan fingerprint density at radius 1 is 0.964 bits per heavy atom. The molecule has 8 nitrogen and oxygen atoms in total. The highest BCUT2D eigenvalue weighted by Crippen LogP contribution is 2.21. The van der Waals surface area contributed by atoms with E-state index in [1.54, 1.807) is 43.6 Å². The van der Waals surface area contributed by atoms with Crippen molar-refractivity contribution >= 4 is 39.2 Å². The number of amides is 1. The summed E-state index contributed by atoms with van der Waals surface area (Å²) in [5.41, 5.74) is 0.489. The van der Waals surface area contributed by atoms with E-state index in [2.05, 4.69) is 25.0 Å². The Balaban J connectivity index is 1.63. The van der Waals surface area contributed by atoms with Gasteiger partial charge in [-0.1, -0.05) is 17.8 Å². The molecule has 0 aliphatic rings. The number of anilines is 2. The second kappa shape index (κ2) is 8.81. The van der Waals surface area contributed by atoms with Gasteiger partial charge in [-0.2, -0.15) is 0 Å². The van der Waals surface area contributed by atoms with E-state index in [0.29, 0.717) is 10.8 Å². The van der Waals surface area contributed by atoms with E-state index in [1.165, 1.54) is 42.2 Å². The van der Waals surface area contributed by atoms with E-state index in [-0.39, 0.29) is 16.6 Å². The molecule has 0 spiro atoms. The van der Waals surface area contributed by atoms with Crippen LogP contribution in [0.25, 0.3) is 0 Å². The number of aromatic nitrogens is 3. The molecule has 0 saturated heterocycles. The average molecular weight is 416 g/mol. The minimum atomic E-state index is -3.76. The molecule has 1 atom stereocenters. The van der Waals surface area contributed by atoms with Gasteiger partial charge in [0.05, 0.1) is 10.1 Å². The minimum absolute atomic E-state index is 0.0660. The molecule has 0 saturated carbocycles. The van der Waals surface area contributed by atoms with Gasteiger partial charge in [0.2, 0.25) is 5.91 Å². The summed E-state index contributed by atoms with van der Waals surface area (Å²) < 4.78 is 27.2. The Morgan fingerprint density at radius 2 is 1.64 bits per heavy atom. The summed E-state index contributed by atoms with van der Waals surface area (Å²) in [4.78, 5) is 24.5. The van der Waals surface area contributed by atoms with Crippen LogP contribution in [0.3, 0.4) is 0 Å². The van der Waals surface area contributed by atoms with Crippen LogP contribution in [0.2, 0.25) is 0 Å². The Hall–Kier alpha value is -2.98. The standard InChI is InChI=1S/C18H17N5O3S2/c1-13(27-18-20-11-4-12-21-18)17(24)22-14-6-8-15(9-7-14)28(25,26)23-16-5-2-3-10-19-16/h2-13H,1H3,(H,19,23)(H,22,24). The van der Waals surface area contributed by atoms with Crippen LogP contribution in [0.15, 0.2) is 77.2 Å². The first-order chi connectivity index (χ1) is 13.4. The molecular formula is C18H17N5O3S2. The van der Waals surface area contributed by atoms with E-state index in [0.717, 1.165) is 0 Å². The summed E-state index contributed by atoms with van der Waals surface area (Å²) in [5, 5.41) is 2.83. The highest BCUT2D eigenvalue weighted by atomic mass is 32.2. The van der Waals surface area contributed by atoms with Gasteiger partial charge < -0.3 is 5.32 Å². The van der Waals surface area contributed by atoms with Crippen LogP contribution in [-0.4, -0.2) is 34.5 Å². The lowest BCUT2D eigenvalue weighted by Crippen LogP contribution is -2.22. The number of hydrogen-bond donors (Lipinski definition) is 2. The van der Waals surface area contributed by atoms with E-state index in [1.807, 2.05) is 0 Å². The first-order valence-corrected chi connectivity index (χ1v) is 10.6. The molecule has 0 fully saturated rings.